The van der Waals surface area contributed by atoms with Gasteiger partial charge in [-0.15, -0.1) is 0 Å². The molecular weight excluding hydrogens is 300 g/mol. The molecule has 0 aliphatic rings. The molecule has 3 heteroatoms. The van der Waals surface area contributed by atoms with Gasteiger partial charge in [-0.1, -0.05) is 26.0 Å². The number of halogens is 1. The molecule has 2 rings (SSSR count). The Balaban J connectivity index is 1.94. The number of anilines is 1. The van der Waals surface area contributed by atoms with Crippen molar-refractivity contribution in [3.05, 3.63) is 58.3 Å². The van der Waals surface area contributed by atoms with Gasteiger partial charge >= 0.3 is 0 Å². The minimum Gasteiger partial charge on any atom is -0.379 e. The van der Waals surface area contributed by atoms with Crippen molar-refractivity contribution in [3.8, 4) is 0 Å². The van der Waals surface area contributed by atoms with Crippen molar-refractivity contribution in [3.63, 3.8) is 0 Å². The number of rotatable bonds is 5. The van der Waals surface area contributed by atoms with E-state index >= 15 is 0 Å². The minimum absolute atomic E-state index is 0.627. The lowest BCUT2D eigenvalue weighted by Crippen LogP contribution is -2.01. The van der Waals surface area contributed by atoms with E-state index in [1.807, 2.05) is 18.3 Å². The number of hydrogen-bond acceptors (Lipinski definition) is 2. The van der Waals surface area contributed by atoms with Crippen molar-refractivity contribution in [1.29, 1.82) is 0 Å². The molecule has 100 valence electrons. The standard InChI is InChI=1S/C16H19BrN2/c1-3-12(2)13-4-7-15(8-5-13)19-11-16-9-6-14(17)10-18-16/h4-10,12,19H,3,11H2,1-2H3. The minimum atomic E-state index is 0.627. The highest BCUT2D eigenvalue weighted by molar-refractivity contribution is 9.10. The molecule has 1 unspecified atom stereocenters. The van der Waals surface area contributed by atoms with E-state index in [1.54, 1.807) is 0 Å². The van der Waals surface area contributed by atoms with Crippen LogP contribution < -0.4 is 5.32 Å². The summed E-state index contributed by atoms with van der Waals surface area (Å²) in [6.07, 6.45) is 3.00. The second-order valence-electron chi connectivity index (χ2n) is 4.75. The molecule has 0 spiro atoms. The van der Waals surface area contributed by atoms with E-state index in [2.05, 4.69) is 64.3 Å². The van der Waals surface area contributed by atoms with Crippen molar-refractivity contribution in [2.75, 3.05) is 5.32 Å². The van der Waals surface area contributed by atoms with Gasteiger partial charge in [-0.05, 0) is 58.1 Å². The molecule has 19 heavy (non-hydrogen) atoms. The molecule has 1 atom stereocenters. The van der Waals surface area contributed by atoms with Gasteiger partial charge in [0, 0.05) is 16.4 Å². The Morgan fingerprint density at radius 2 is 1.89 bits per heavy atom. The predicted molar refractivity (Wildman–Crippen MR) is 84.4 cm³/mol. The van der Waals surface area contributed by atoms with Crippen LogP contribution in [0.5, 0.6) is 0 Å². The summed E-state index contributed by atoms with van der Waals surface area (Å²) in [7, 11) is 0. The predicted octanol–water partition coefficient (Wildman–Crippen LogP) is 4.97. The lowest BCUT2D eigenvalue weighted by Gasteiger charge is -2.11. The summed E-state index contributed by atoms with van der Waals surface area (Å²) in [5.74, 6) is 0.627. The van der Waals surface area contributed by atoms with E-state index in [-0.39, 0.29) is 0 Å². The molecule has 1 aromatic carbocycles. The molecule has 0 bridgehead atoms. The number of pyridine rings is 1. The van der Waals surface area contributed by atoms with Crippen molar-refractivity contribution in [2.24, 2.45) is 0 Å². The molecule has 1 aromatic heterocycles. The monoisotopic (exact) mass is 318 g/mol. The second kappa shape index (κ2) is 6.71. The van der Waals surface area contributed by atoms with E-state index in [1.165, 1.54) is 12.0 Å². The van der Waals surface area contributed by atoms with Crippen molar-refractivity contribution >= 4 is 21.6 Å². The second-order valence-corrected chi connectivity index (χ2v) is 5.67. The molecule has 0 saturated heterocycles. The maximum atomic E-state index is 4.34. The molecule has 0 aliphatic carbocycles. The van der Waals surface area contributed by atoms with Crippen LogP contribution in [-0.2, 0) is 6.54 Å². The van der Waals surface area contributed by atoms with Crippen LogP contribution in [0.1, 0.15) is 37.4 Å². The summed E-state index contributed by atoms with van der Waals surface area (Å²) in [6.45, 7) is 5.22. The van der Waals surface area contributed by atoms with E-state index < -0.39 is 0 Å². The quantitative estimate of drug-likeness (QED) is 0.841. The van der Waals surface area contributed by atoms with Crippen molar-refractivity contribution in [1.82, 2.24) is 4.98 Å². The van der Waals surface area contributed by atoms with Crippen LogP contribution in [0.25, 0.3) is 0 Å². The van der Waals surface area contributed by atoms with Gasteiger partial charge < -0.3 is 5.32 Å². The van der Waals surface area contributed by atoms with Crippen LogP contribution in [0.2, 0.25) is 0 Å². The molecule has 0 fully saturated rings. The molecule has 2 aromatic rings. The van der Waals surface area contributed by atoms with Crippen molar-refractivity contribution in [2.45, 2.75) is 32.7 Å². The first-order valence-electron chi connectivity index (χ1n) is 6.63. The zero-order valence-electron chi connectivity index (χ0n) is 11.4. The number of benzene rings is 1. The molecule has 0 saturated carbocycles. The maximum Gasteiger partial charge on any atom is 0.0595 e. The average Bonchev–Trinajstić information content (AvgIpc) is 2.46. The van der Waals surface area contributed by atoms with Gasteiger partial charge in [-0.25, -0.2) is 0 Å². The van der Waals surface area contributed by atoms with Gasteiger partial charge in [0.05, 0.1) is 12.2 Å². The number of nitrogens with zero attached hydrogens (tertiary/aromatic N) is 1. The lowest BCUT2D eigenvalue weighted by molar-refractivity contribution is 0.734. The van der Waals surface area contributed by atoms with Crippen LogP contribution >= 0.6 is 15.9 Å². The number of aromatic nitrogens is 1. The first-order valence-corrected chi connectivity index (χ1v) is 7.42. The summed E-state index contributed by atoms with van der Waals surface area (Å²) in [4.78, 5) is 4.34. The third kappa shape index (κ3) is 4.06. The third-order valence-electron chi connectivity index (χ3n) is 3.35. The van der Waals surface area contributed by atoms with Crippen LogP contribution in [0.4, 0.5) is 5.69 Å². The zero-order valence-corrected chi connectivity index (χ0v) is 12.9. The zero-order chi connectivity index (χ0) is 13.7. The summed E-state index contributed by atoms with van der Waals surface area (Å²) in [5.41, 5.74) is 3.57. The summed E-state index contributed by atoms with van der Waals surface area (Å²) >= 11 is 3.39. The van der Waals surface area contributed by atoms with Crippen LogP contribution in [0, 0.1) is 0 Å². The molecular formula is C16H19BrN2. The first kappa shape index (κ1) is 14.1. The highest BCUT2D eigenvalue weighted by atomic mass is 79.9. The molecule has 2 nitrogen and oxygen atoms in total. The smallest absolute Gasteiger partial charge is 0.0595 e. The van der Waals surface area contributed by atoms with E-state index in [0.29, 0.717) is 5.92 Å². The fraction of sp³-hybridized carbons (Fsp3) is 0.312. The molecule has 1 N–H and O–H groups in total. The van der Waals surface area contributed by atoms with Gasteiger partial charge in [0.2, 0.25) is 0 Å². The highest BCUT2D eigenvalue weighted by Gasteiger charge is 2.02. The Morgan fingerprint density at radius 3 is 2.47 bits per heavy atom. The van der Waals surface area contributed by atoms with Gasteiger partial charge in [0.1, 0.15) is 0 Å². The Bertz CT molecular complexity index is 505. The van der Waals surface area contributed by atoms with Crippen LogP contribution in [0.15, 0.2) is 47.1 Å². The Labute approximate surface area is 123 Å². The fourth-order valence-corrected chi connectivity index (χ4v) is 2.10. The lowest BCUT2D eigenvalue weighted by atomic mass is 9.99. The Hall–Kier alpha value is -1.35. The number of hydrogen-bond donors (Lipinski definition) is 1. The fourth-order valence-electron chi connectivity index (χ4n) is 1.87. The molecule has 0 aliphatic heterocycles. The molecule has 0 amide bonds. The SMILES string of the molecule is CCC(C)c1ccc(NCc2ccc(Br)cn2)cc1. The van der Waals surface area contributed by atoms with Gasteiger partial charge in [0.25, 0.3) is 0 Å². The Morgan fingerprint density at radius 1 is 1.16 bits per heavy atom. The third-order valence-corrected chi connectivity index (χ3v) is 3.82. The summed E-state index contributed by atoms with van der Waals surface area (Å²) < 4.78 is 1.01. The highest BCUT2D eigenvalue weighted by Crippen LogP contribution is 2.20. The number of nitrogens with one attached hydrogen (secondary N) is 1. The van der Waals surface area contributed by atoms with E-state index in [0.717, 1.165) is 22.4 Å². The van der Waals surface area contributed by atoms with Gasteiger partial charge in [-0.2, -0.15) is 0 Å². The Kier molecular flexibility index (Phi) is 4.97. The molecule has 1 heterocycles. The van der Waals surface area contributed by atoms with Gasteiger partial charge in [0.15, 0.2) is 0 Å². The van der Waals surface area contributed by atoms with E-state index in [4.69, 9.17) is 0 Å². The summed E-state index contributed by atoms with van der Waals surface area (Å²) in [5, 5.41) is 3.39. The maximum absolute atomic E-state index is 4.34. The largest absolute Gasteiger partial charge is 0.379 e. The van der Waals surface area contributed by atoms with Crippen molar-refractivity contribution < 1.29 is 0 Å². The summed E-state index contributed by atoms with van der Waals surface area (Å²) in [6, 6.07) is 12.7. The topological polar surface area (TPSA) is 24.9 Å². The first-order chi connectivity index (χ1) is 9.19. The average molecular weight is 319 g/mol. The normalized spacial score (nSPS) is 12.2. The van der Waals surface area contributed by atoms with Crippen LogP contribution in [0.3, 0.4) is 0 Å². The van der Waals surface area contributed by atoms with E-state index in [9.17, 15) is 0 Å². The molecule has 0 radical (unpaired) electrons. The van der Waals surface area contributed by atoms with Gasteiger partial charge in [-0.3, -0.25) is 4.98 Å². The van der Waals surface area contributed by atoms with Crippen LogP contribution in [-0.4, -0.2) is 4.98 Å².